The van der Waals surface area contributed by atoms with Crippen LogP contribution in [0.2, 0.25) is 0 Å². The van der Waals surface area contributed by atoms with Crippen molar-refractivity contribution in [3.63, 3.8) is 0 Å². The molecule has 0 saturated heterocycles. The highest BCUT2D eigenvalue weighted by Gasteiger charge is 2.20. The minimum atomic E-state index is -1.02. The molecule has 5 nitrogen and oxygen atoms in total. The topological polar surface area (TPSA) is 83.5 Å². The molecule has 184 valence electrons. The molecule has 0 heterocycles. The van der Waals surface area contributed by atoms with Crippen molar-refractivity contribution >= 4 is 34.4 Å². The maximum absolute atomic E-state index is 13.0. The molecular formula is C28H37NO4S. The van der Waals surface area contributed by atoms with E-state index >= 15 is 0 Å². The summed E-state index contributed by atoms with van der Waals surface area (Å²) < 4.78 is 0. The third kappa shape index (κ3) is 8.64. The third-order valence-corrected chi connectivity index (χ3v) is 7.09. The first-order chi connectivity index (χ1) is 16.3. The van der Waals surface area contributed by atoms with Gasteiger partial charge in [0.1, 0.15) is 0 Å². The molecule has 0 aliphatic heterocycles. The largest absolute Gasteiger partial charge is 0.478 e. The van der Waals surface area contributed by atoms with Gasteiger partial charge in [-0.1, -0.05) is 87.5 Å². The summed E-state index contributed by atoms with van der Waals surface area (Å²) in [4.78, 5) is 36.7. The number of thioether (sulfide) groups is 1. The van der Waals surface area contributed by atoms with Crippen molar-refractivity contribution in [3.8, 4) is 0 Å². The van der Waals surface area contributed by atoms with E-state index in [1.807, 2.05) is 31.2 Å². The zero-order chi connectivity index (χ0) is 24.9. The number of rotatable bonds is 14. The number of hydrogen-bond acceptors (Lipinski definition) is 4. The molecule has 0 spiro atoms. The number of amides is 1. The SMILES string of the molecule is CCCCCCCCCC(=O)SCc1ccccc1C(C)C(=O)Nc1cccc(C(=O)O)c1C. The maximum Gasteiger partial charge on any atom is 0.336 e. The Morgan fingerprint density at radius 2 is 1.62 bits per heavy atom. The van der Waals surface area contributed by atoms with Crippen molar-refractivity contribution in [1.29, 1.82) is 0 Å². The number of aromatic carboxylic acids is 1. The standard InChI is InChI=1S/C28H37NO4S/c1-4-5-6-7-8-9-10-18-26(30)34-19-22-14-11-12-15-23(22)21(3)27(31)29-25-17-13-16-24(20(25)2)28(32)33/h11-17,21H,4-10,18-19H2,1-3H3,(H,29,31)(H,32,33). The van der Waals surface area contributed by atoms with Crippen molar-refractivity contribution in [1.82, 2.24) is 0 Å². The Kier molecular flexibility index (Phi) is 11.9. The van der Waals surface area contributed by atoms with Gasteiger partial charge in [0.25, 0.3) is 0 Å². The second kappa shape index (κ2) is 14.6. The summed E-state index contributed by atoms with van der Waals surface area (Å²) in [6.07, 6.45) is 8.90. The Bertz CT molecular complexity index is 973. The van der Waals surface area contributed by atoms with Crippen LogP contribution in [0.15, 0.2) is 42.5 Å². The minimum absolute atomic E-state index is 0.168. The second-order valence-electron chi connectivity index (χ2n) is 8.73. The van der Waals surface area contributed by atoms with Crippen LogP contribution in [0.4, 0.5) is 5.69 Å². The van der Waals surface area contributed by atoms with Crippen LogP contribution in [-0.2, 0) is 15.3 Å². The van der Waals surface area contributed by atoms with Crippen molar-refractivity contribution in [2.75, 3.05) is 5.32 Å². The number of carbonyl (C=O) groups is 3. The summed E-state index contributed by atoms with van der Waals surface area (Å²) in [6, 6.07) is 12.5. The van der Waals surface area contributed by atoms with Gasteiger partial charge in [-0.15, -0.1) is 0 Å². The van der Waals surface area contributed by atoms with Crippen LogP contribution < -0.4 is 5.32 Å². The lowest BCUT2D eigenvalue weighted by molar-refractivity contribution is -0.117. The summed E-state index contributed by atoms with van der Waals surface area (Å²) in [7, 11) is 0. The molecule has 34 heavy (non-hydrogen) atoms. The molecule has 6 heteroatoms. The number of unbranched alkanes of at least 4 members (excludes halogenated alkanes) is 6. The Hall–Kier alpha value is -2.60. The number of carboxylic acids is 1. The normalized spacial score (nSPS) is 11.7. The fourth-order valence-corrected chi connectivity index (χ4v) is 4.80. The van der Waals surface area contributed by atoms with E-state index in [0.29, 0.717) is 23.4 Å². The van der Waals surface area contributed by atoms with Gasteiger partial charge < -0.3 is 10.4 Å². The second-order valence-corrected chi connectivity index (χ2v) is 9.76. The molecular weight excluding hydrogens is 446 g/mol. The molecule has 2 aromatic carbocycles. The molecule has 0 aliphatic carbocycles. The summed E-state index contributed by atoms with van der Waals surface area (Å²) in [5.41, 5.74) is 3.04. The monoisotopic (exact) mass is 483 g/mol. The number of hydrogen-bond donors (Lipinski definition) is 2. The average Bonchev–Trinajstić information content (AvgIpc) is 2.83. The summed E-state index contributed by atoms with van der Waals surface area (Å²) in [5.74, 6) is -1.14. The van der Waals surface area contributed by atoms with Crippen molar-refractivity contribution in [2.24, 2.45) is 0 Å². The predicted molar refractivity (Wildman–Crippen MR) is 141 cm³/mol. The highest BCUT2D eigenvalue weighted by molar-refractivity contribution is 8.12. The Morgan fingerprint density at radius 1 is 0.941 bits per heavy atom. The summed E-state index contributed by atoms with van der Waals surface area (Å²) in [6.45, 7) is 5.73. The smallest absolute Gasteiger partial charge is 0.336 e. The molecule has 0 saturated carbocycles. The van der Waals surface area contributed by atoms with E-state index in [9.17, 15) is 19.5 Å². The van der Waals surface area contributed by atoms with Crippen molar-refractivity contribution in [3.05, 3.63) is 64.7 Å². The van der Waals surface area contributed by atoms with Gasteiger partial charge in [0.2, 0.25) is 5.91 Å². The van der Waals surface area contributed by atoms with Crippen LogP contribution in [0.3, 0.4) is 0 Å². The number of nitrogens with one attached hydrogen (secondary N) is 1. The van der Waals surface area contributed by atoms with Crippen LogP contribution >= 0.6 is 11.8 Å². The van der Waals surface area contributed by atoms with Gasteiger partial charge in [0.05, 0.1) is 11.5 Å². The van der Waals surface area contributed by atoms with Gasteiger partial charge in [0, 0.05) is 17.9 Å². The van der Waals surface area contributed by atoms with E-state index in [4.69, 9.17) is 0 Å². The molecule has 1 atom stereocenters. The molecule has 2 rings (SSSR count). The average molecular weight is 484 g/mol. The zero-order valence-electron chi connectivity index (χ0n) is 20.6. The molecule has 0 aliphatic rings. The van der Waals surface area contributed by atoms with E-state index in [-0.39, 0.29) is 16.6 Å². The Balaban J connectivity index is 1.91. The fourth-order valence-electron chi connectivity index (χ4n) is 3.93. The molecule has 0 radical (unpaired) electrons. The lowest BCUT2D eigenvalue weighted by Gasteiger charge is -2.18. The van der Waals surface area contributed by atoms with E-state index in [1.54, 1.807) is 19.1 Å². The van der Waals surface area contributed by atoms with Gasteiger partial charge in [0.15, 0.2) is 5.12 Å². The highest BCUT2D eigenvalue weighted by atomic mass is 32.2. The van der Waals surface area contributed by atoms with Gasteiger partial charge in [-0.05, 0) is 49.1 Å². The summed E-state index contributed by atoms with van der Waals surface area (Å²) in [5, 5.41) is 12.4. The van der Waals surface area contributed by atoms with E-state index < -0.39 is 11.9 Å². The van der Waals surface area contributed by atoms with Gasteiger partial charge in [-0.2, -0.15) is 0 Å². The predicted octanol–water partition coefficient (Wildman–Crippen LogP) is 7.34. The number of carboxylic acid groups (broad SMARTS) is 1. The number of anilines is 1. The van der Waals surface area contributed by atoms with Crippen molar-refractivity contribution in [2.45, 2.75) is 83.8 Å². The van der Waals surface area contributed by atoms with Gasteiger partial charge >= 0.3 is 5.97 Å². The van der Waals surface area contributed by atoms with Crippen molar-refractivity contribution < 1.29 is 19.5 Å². The van der Waals surface area contributed by atoms with Crippen LogP contribution in [-0.4, -0.2) is 22.1 Å². The van der Waals surface area contributed by atoms with E-state index in [2.05, 4.69) is 12.2 Å². The molecule has 0 fully saturated rings. The zero-order valence-corrected chi connectivity index (χ0v) is 21.4. The molecule has 0 bridgehead atoms. The quantitative estimate of drug-likeness (QED) is 0.275. The first-order valence-corrected chi connectivity index (χ1v) is 13.2. The lowest BCUT2D eigenvalue weighted by atomic mass is 9.95. The van der Waals surface area contributed by atoms with Gasteiger partial charge in [-0.3, -0.25) is 9.59 Å². The Morgan fingerprint density at radius 3 is 2.32 bits per heavy atom. The Labute approximate surface area is 207 Å². The fraction of sp³-hybridized carbons (Fsp3) is 0.464. The van der Waals surface area contributed by atoms with Crippen LogP contribution in [0.5, 0.6) is 0 Å². The minimum Gasteiger partial charge on any atom is -0.478 e. The highest BCUT2D eigenvalue weighted by Crippen LogP contribution is 2.27. The number of benzene rings is 2. The van der Waals surface area contributed by atoms with Crippen LogP contribution in [0, 0.1) is 6.92 Å². The van der Waals surface area contributed by atoms with Crippen LogP contribution in [0.25, 0.3) is 0 Å². The van der Waals surface area contributed by atoms with E-state index in [0.717, 1.165) is 24.0 Å². The number of carbonyl (C=O) groups excluding carboxylic acids is 2. The third-order valence-electron chi connectivity index (χ3n) is 6.11. The molecule has 1 unspecified atom stereocenters. The van der Waals surface area contributed by atoms with Crippen LogP contribution in [0.1, 0.15) is 98.2 Å². The molecule has 1 amide bonds. The maximum atomic E-state index is 13.0. The molecule has 2 aromatic rings. The molecule has 0 aromatic heterocycles. The first kappa shape index (κ1) is 27.6. The lowest BCUT2D eigenvalue weighted by Crippen LogP contribution is -2.21. The van der Waals surface area contributed by atoms with Gasteiger partial charge in [-0.25, -0.2) is 4.79 Å². The first-order valence-electron chi connectivity index (χ1n) is 12.2. The molecule has 2 N–H and O–H groups in total. The summed E-state index contributed by atoms with van der Waals surface area (Å²) >= 11 is 1.32. The van der Waals surface area contributed by atoms with E-state index in [1.165, 1.54) is 49.9 Å².